The lowest BCUT2D eigenvalue weighted by Gasteiger charge is -2.08. The van der Waals surface area contributed by atoms with Crippen molar-refractivity contribution in [1.82, 2.24) is 9.55 Å². The molecule has 2 aromatic heterocycles. The molecule has 0 saturated heterocycles. The number of benzene rings is 1. The van der Waals surface area contributed by atoms with E-state index in [4.69, 9.17) is 16.0 Å². The van der Waals surface area contributed by atoms with Crippen molar-refractivity contribution in [2.45, 2.75) is 19.9 Å². The Bertz CT molecular complexity index is 791. The zero-order chi connectivity index (χ0) is 14.8. The first-order valence-electron chi connectivity index (χ1n) is 6.58. The van der Waals surface area contributed by atoms with Gasteiger partial charge in [-0.05, 0) is 25.1 Å². The Morgan fingerprint density at radius 1 is 1.43 bits per heavy atom. The predicted octanol–water partition coefficient (Wildman–Crippen LogP) is 3.62. The summed E-state index contributed by atoms with van der Waals surface area (Å²) in [5, 5.41) is 4.25. The van der Waals surface area contributed by atoms with E-state index in [2.05, 4.69) is 10.3 Å². The number of aryl methyl sites for hydroxylation is 2. The molecule has 6 heteroatoms. The molecule has 0 aliphatic heterocycles. The van der Waals surface area contributed by atoms with Gasteiger partial charge in [0, 0.05) is 30.7 Å². The third-order valence-corrected chi connectivity index (χ3v) is 3.67. The normalized spacial score (nSPS) is 11.0. The van der Waals surface area contributed by atoms with Crippen molar-refractivity contribution in [1.29, 1.82) is 0 Å². The van der Waals surface area contributed by atoms with Crippen LogP contribution in [0.5, 0.6) is 0 Å². The summed E-state index contributed by atoms with van der Waals surface area (Å²) in [6.45, 7) is 2.50. The van der Waals surface area contributed by atoms with Gasteiger partial charge in [0.15, 0.2) is 5.58 Å². The molecule has 108 valence electrons. The Balaban J connectivity index is 1.70. The monoisotopic (exact) mass is 303 g/mol. The second-order valence-corrected chi connectivity index (χ2v) is 5.13. The van der Waals surface area contributed by atoms with Crippen LogP contribution >= 0.6 is 11.6 Å². The number of furan rings is 1. The van der Waals surface area contributed by atoms with Crippen molar-refractivity contribution in [2.24, 2.45) is 0 Å². The van der Waals surface area contributed by atoms with Gasteiger partial charge in [-0.1, -0.05) is 11.6 Å². The SMILES string of the molecule is Cc1nccn1CCC(=O)Nc1ccc(Cl)c2ccoc12. The van der Waals surface area contributed by atoms with E-state index in [1.807, 2.05) is 17.7 Å². The molecule has 3 rings (SSSR count). The first kappa shape index (κ1) is 13.7. The van der Waals surface area contributed by atoms with E-state index in [1.165, 1.54) is 0 Å². The van der Waals surface area contributed by atoms with Crippen LogP contribution < -0.4 is 5.32 Å². The summed E-state index contributed by atoms with van der Waals surface area (Å²) >= 11 is 6.07. The van der Waals surface area contributed by atoms with Crippen LogP contribution in [-0.2, 0) is 11.3 Å². The number of halogens is 1. The van der Waals surface area contributed by atoms with Gasteiger partial charge in [0.05, 0.1) is 17.0 Å². The van der Waals surface area contributed by atoms with Crippen LogP contribution in [0.25, 0.3) is 11.0 Å². The molecular weight excluding hydrogens is 290 g/mol. The molecule has 0 aliphatic carbocycles. The quantitative estimate of drug-likeness (QED) is 0.801. The van der Waals surface area contributed by atoms with E-state index in [-0.39, 0.29) is 5.91 Å². The molecule has 1 amide bonds. The van der Waals surface area contributed by atoms with E-state index < -0.39 is 0 Å². The van der Waals surface area contributed by atoms with Gasteiger partial charge >= 0.3 is 0 Å². The number of carbonyl (C=O) groups is 1. The lowest BCUT2D eigenvalue weighted by molar-refractivity contribution is -0.116. The highest BCUT2D eigenvalue weighted by Crippen LogP contribution is 2.30. The summed E-state index contributed by atoms with van der Waals surface area (Å²) in [5.41, 5.74) is 1.22. The summed E-state index contributed by atoms with van der Waals surface area (Å²) < 4.78 is 7.32. The molecule has 1 aromatic carbocycles. The number of imidazole rings is 1. The lowest BCUT2D eigenvalue weighted by atomic mass is 10.2. The van der Waals surface area contributed by atoms with Crippen LogP contribution in [0.4, 0.5) is 5.69 Å². The fraction of sp³-hybridized carbons (Fsp3) is 0.200. The van der Waals surface area contributed by atoms with Crippen LogP contribution in [0.1, 0.15) is 12.2 Å². The Kier molecular flexibility index (Phi) is 3.66. The summed E-state index contributed by atoms with van der Waals surface area (Å²) in [6.07, 6.45) is 5.50. The van der Waals surface area contributed by atoms with Gasteiger partial charge in [-0.3, -0.25) is 4.79 Å². The van der Waals surface area contributed by atoms with Crippen molar-refractivity contribution in [3.05, 3.63) is 47.7 Å². The van der Waals surface area contributed by atoms with E-state index in [1.54, 1.807) is 30.7 Å². The van der Waals surface area contributed by atoms with Crippen molar-refractivity contribution >= 4 is 34.2 Å². The number of nitrogens with one attached hydrogen (secondary N) is 1. The van der Waals surface area contributed by atoms with Crippen molar-refractivity contribution in [3.8, 4) is 0 Å². The number of hydrogen-bond acceptors (Lipinski definition) is 3. The van der Waals surface area contributed by atoms with E-state index in [9.17, 15) is 4.79 Å². The number of fused-ring (bicyclic) bond motifs is 1. The maximum absolute atomic E-state index is 12.0. The largest absolute Gasteiger partial charge is 0.462 e. The fourth-order valence-corrected chi connectivity index (χ4v) is 2.41. The van der Waals surface area contributed by atoms with Crippen LogP contribution in [0.15, 0.2) is 41.3 Å². The average Bonchev–Trinajstić information content (AvgIpc) is 3.09. The molecular formula is C15H14ClN3O2. The Morgan fingerprint density at radius 3 is 3.05 bits per heavy atom. The van der Waals surface area contributed by atoms with E-state index in [0.29, 0.717) is 29.3 Å². The molecule has 0 bridgehead atoms. The number of hydrogen-bond donors (Lipinski definition) is 1. The number of amides is 1. The zero-order valence-corrected chi connectivity index (χ0v) is 12.2. The minimum Gasteiger partial charge on any atom is -0.462 e. The number of rotatable bonds is 4. The van der Waals surface area contributed by atoms with Crippen molar-refractivity contribution in [3.63, 3.8) is 0 Å². The van der Waals surface area contributed by atoms with Crippen LogP contribution in [-0.4, -0.2) is 15.5 Å². The van der Waals surface area contributed by atoms with Crippen molar-refractivity contribution < 1.29 is 9.21 Å². The van der Waals surface area contributed by atoms with E-state index >= 15 is 0 Å². The molecule has 0 unspecified atom stereocenters. The molecule has 0 aliphatic rings. The van der Waals surface area contributed by atoms with Gasteiger partial charge < -0.3 is 14.3 Å². The zero-order valence-electron chi connectivity index (χ0n) is 11.5. The Morgan fingerprint density at radius 2 is 2.29 bits per heavy atom. The third kappa shape index (κ3) is 2.78. The molecule has 0 fully saturated rings. The first-order chi connectivity index (χ1) is 10.1. The van der Waals surface area contributed by atoms with E-state index in [0.717, 1.165) is 11.2 Å². The van der Waals surface area contributed by atoms with Crippen LogP contribution in [0, 0.1) is 6.92 Å². The van der Waals surface area contributed by atoms with Gasteiger partial charge in [-0.25, -0.2) is 4.98 Å². The molecule has 2 heterocycles. The molecule has 3 aromatic rings. The van der Waals surface area contributed by atoms with Gasteiger partial charge in [0.25, 0.3) is 0 Å². The predicted molar refractivity (Wildman–Crippen MR) is 81.4 cm³/mol. The highest BCUT2D eigenvalue weighted by molar-refractivity contribution is 6.35. The molecule has 21 heavy (non-hydrogen) atoms. The number of nitrogens with zero attached hydrogens (tertiary/aromatic N) is 2. The van der Waals surface area contributed by atoms with Crippen molar-refractivity contribution in [2.75, 3.05) is 5.32 Å². The topological polar surface area (TPSA) is 60.1 Å². The third-order valence-electron chi connectivity index (χ3n) is 3.34. The Labute approximate surface area is 126 Å². The van der Waals surface area contributed by atoms with Gasteiger partial charge in [0.1, 0.15) is 5.82 Å². The molecule has 5 nitrogen and oxygen atoms in total. The number of aromatic nitrogens is 2. The summed E-state index contributed by atoms with van der Waals surface area (Å²) in [7, 11) is 0. The first-order valence-corrected chi connectivity index (χ1v) is 6.96. The smallest absolute Gasteiger partial charge is 0.226 e. The summed E-state index contributed by atoms with van der Waals surface area (Å²) in [4.78, 5) is 16.2. The van der Waals surface area contributed by atoms with Gasteiger partial charge in [0.2, 0.25) is 5.91 Å². The average molecular weight is 304 g/mol. The minimum atomic E-state index is -0.0804. The maximum Gasteiger partial charge on any atom is 0.226 e. The van der Waals surface area contributed by atoms with Crippen LogP contribution in [0.2, 0.25) is 5.02 Å². The van der Waals surface area contributed by atoms with Crippen LogP contribution in [0.3, 0.4) is 0 Å². The molecule has 0 radical (unpaired) electrons. The molecule has 0 atom stereocenters. The lowest BCUT2D eigenvalue weighted by Crippen LogP contribution is -2.14. The standard InChI is InChI=1S/C15H14ClN3O2/c1-10-17-6-8-19(10)7-4-14(20)18-13-3-2-12(16)11-5-9-21-15(11)13/h2-3,5-6,8-9H,4,7H2,1H3,(H,18,20). The molecule has 0 saturated carbocycles. The highest BCUT2D eigenvalue weighted by Gasteiger charge is 2.11. The summed E-state index contributed by atoms with van der Waals surface area (Å²) in [5.74, 6) is 0.811. The minimum absolute atomic E-state index is 0.0804. The van der Waals surface area contributed by atoms with Gasteiger partial charge in [-0.15, -0.1) is 0 Å². The molecule has 1 N–H and O–H groups in total. The maximum atomic E-state index is 12.0. The number of carbonyl (C=O) groups excluding carboxylic acids is 1. The second kappa shape index (κ2) is 5.61. The second-order valence-electron chi connectivity index (χ2n) is 4.72. The number of anilines is 1. The van der Waals surface area contributed by atoms with Gasteiger partial charge in [-0.2, -0.15) is 0 Å². The molecule has 0 spiro atoms. The highest BCUT2D eigenvalue weighted by atomic mass is 35.5. The summed E-state index contributed by atoms with van der Waals surface area (Å²) in [6, 6.07) is 5.27. The fourth-order valence-electron chi connectivity index (χ4n) is 2.20. The Hall–Kier alpha value is -2.27.